The Kier molecular flexibility index (Phi) is 18.1. The first-order valence-corrected chi connectivity index (χ1v) is 26.7. The first kappa shape index (κ1) is 58.0. The van der Waals surface area contributed by atoms with Crippen molar-refractivity contribution in [2.24, 2.45) is 12.5 Å². The van der Waals surface area contributed by atoms with Crippen LogP contribution in [0, 0.1) is 22.9 Å². The van der Waals surface area contributed by atoms with Crippen molar-refractivity contribution >= 4 is 61.7 Å². The number of carbonyl (C=O) groups is 4. The van der Waals surface area contributed by atoms with Crippen LogP contribution in [-0.4, -0.2) is 105 Å². The number of para-hydroxylation sites is 1. The Morgan fingerprint density at radius 3 is 2.28 bits per heavy atom. The van der Waals surface area contributed by atoms with Gasteiger partial charge in [-0.2, -0.15) is 19.0 Å². The lowest BCUT2D eigenvalue weighted by atomic mass is 9.85. The minimum absolute atomic E-state index is 0.0473. The van der Waals surface area contributed by atoms with Gasteiger partial charge in [0.1, 0.15) is 58.6 Å². The molecule has 7 rings (SSSR count). The minimum atomic E-state index is -5.10. The number of aryl methyl sites for hydroxylation is 2. The summed E-state index contributed by atoms with van der Waals surface area (Å²) in [6.45, 7) is 8.96. The van der Waals surface area contributed by atoms with Crippen molar-refractivity contribution < 1.29 is 54.3 Å². The molecule has 0 saturated carbocycles. The van der Waals surface area contributed by atoms with E-state index in [0.717, 1.165) is 24.6 Å². The fourth-order valence-corrected chi connectivity index (χ4v) is 9.66. The van der Waals surface area contributed by atoms with Crippen molar-refractivity contribution in [1.82, 2.24) is 45.4 Å². The molecule has 25 heteroatoms. The summed E-state index contributed by atoms with van der Waals surface area (Å²) in [5.41, 5.74) is 7.90. The fourth-order valence-electron chi connectivity index (χ4n) is 9.10. The van der Waals surface area contributed by atoms with Crippen LogP contribution in [0.5, 0.6) is 5.75 Å². The number of rotatable bonds is 22. The van der Waals surface area contributed by atoms with Gasteiger partial charge in [0, 0.05) is 61.7 Å². The number of nitrogens with two attached hydrogens (primary N) is 1. The predicted octanol–water partition coefficient (Wildman–Crippen LogP) is 7.42. The van der Waals surface area contributed by atoms with Crippen molar-refractivity contribution in [3.05, 3.63) is 102 Å². The van der Waals surface area contributed by atoms with Gasteiger partial charge in [0.05, 0.1) is 28.8 Å². The SMILES string of the molecule is CN[C@@H](C)C(=O)N[C@H](C(=O)N1C[C@H](NC(=O)CCCCCCn2cc(-c3cnc(N)c4c(-c5ccc(NS(=O)(=O)C(F)F)c(O[C@@H](C)c6ccc(F)cc6)c5)nn(C)c34)cn2)C[C@H]1C(=O)Nc1c(F)cccc1F)C(C)(C)C. The second-order valence-electron chi connectivity index (χ2n) is 20.2. The summed E-state index contributed by atoms with van der Waals surface area (Å²) in [5, 5.41) is 20.6. The fraction of sp³-hybridized carbons (Fsp3) is 0.415. The molecule has 3 aromatic heterocycles. The van der Waals surface area contributed by atoms with Crippen molar-refractivity contribution in [3.63, 3.8) is 0 Å². The molecule has 3 aromatic carbocycles. The Bertz CT molecular complexity index is 3260. The molecule has 1 fully saturated rings. The maximum absolute atomic E-state index is 14.6. The molecule has 78 heavy (non-hydrogen) atoms. The summed E-state index contributed by atoms with van der Waals surface area (Å²) in [6, 6.07) is 9.08. The van der Waals surface area contributed by atoms with Gasteiger partial charge in [0.2, 0.25) is 23.6 Å². The lowest BCUT2D eigenvalue weighted by molar-refractivity contribution is -0.143. The number of halogens is 5. The van der Waals surface area contributed by atoms with Gasteiger partial charge in [-0.05, 0) is 87.5 Å². The van der Waals surface area contributed by atoms with Crippen molar-refractivity contribution in [2.75, 3.05) is 29.4 Å². The van der Waals surface area contributed by atoms with E-state index < -0.39 is 92.3 Å². The zero-order valence-electron chi connectivity index (χ0n) is 44.0. The third kappa shape index (κ3) is 13.5. The largest absolute Gasteiger partial charge is 0.484 e. The summed E-state index contributed by atoms with van der Waals surface area (Å²) >= 11 is 0. The molecule has 0 bridgehead atoms. The number of anilines is 3. The molecule has 1 aliphatic rings. The van der Waals surface area contributed by atoms with E-state index in [1.54, 1.807) is 70.5 Å². The van der Waals surface area contributed by atoms with E-state index in [9.17, 15) is 49.5 Å². The number of pyridine rings is 1. The average molecular weight is 1110 g/mol. The van der Waals surface area contributed by atoms with Crippen LogP contribution in [-0.2, 0) is 42.8 Å². The van der Waals surface area contributed by atoms with Crippen molar-refractivity contribution in [1.29, 1.82) is 0 Å². The molecule has 0 unspecified atom stereocenters. The van der Waals surface area contributed by atoms with Gasteiger partial charge >= 0.3 is 5.76 Å². The number of nitrogens with zero attached hydrogens (tertiary/aromatic N) is 6. The molecular formula is C53H63F5N12O7S. The molecule has 5 atom stereocenters. The highest BCUT2D eigenvalue weighted by Gasteiger charge is 2.46. The van der Waals surface area contributed by atoms with Gasteiger partial charge in [-0.15, -0.1) is 0 Å². The number of hydrogen-bond donors (Lipinski definition) is 6. The molecule has 418 valence electrons. The number of fused-ring (bicyclic) bond motifs is 1. The standard InChI is InChI=1S/C53H63F5N12O7S/c1-29(60-6)49(72)65-47(53(3,4)5)51(74)70-28-35(24-40(70)50(73)64-45-37(55)13-12-14-38(45)56)63-42(71)15-10-8-9-11-22-69-27-33(25-62-69)36-26-61-48(59)43-44(66-68(7)46(36)43)32-18-21-39(67-78(75,76)52(57)58)41(23-32)77-30(2)31-16-19-34(54)20-17-31/h12-14,16-21,23,25-27,29-30,35,40,47,52,60,67H,8-11,15,22,24,28H2,1-7H3,(H2,59,61)(H,63,71)(H,64,73)(H,65,72)/t29-,30-,35+,40-,47+/m0/s1. The van der Waals surface area contributed by atoms with Crippen LogP contribution in [0.3, 0.4) is 0 Å². The quantitative estimate of drug-likeness (QED) is 0.0287. The number of nitrogen functional groups attached to an aromatic ring is 1. The Balaban J connectivity index is 0.978. The number of carbonyl (C=O) groups excluding carboxylic acids is 4. The van der Waals surface area contributed by atoms with Crippen LogP contribution < -0.4 is 36.5 Å². The third-order valence-electron chi connectivity index (χ3n) is 13.5. The number of aromatic nitrogens is 5. The van der Waals surface area contributed by atoms with E-state index in [-0.39, 0.29) is 42.5 Å². The zero-order valence-corrected chi connectivity index (χ0v) is 44.9. The number of likely N-dealkylation sites (N-methyl/N-ethyl adjacent to an activating group) is 1. The topological polar surface area (TPSA) is 250 Å². The van der Waals surface area contributed by atoms with E-state index in [1.165, 1.54) is 47.4 Å². The average Bonchev–Trinajstić information content (AvgIpc) is 4.24. The molecule has 19 nitrogen and oxygen atoms in total. The Morgan fingerprint density at radius 2 is 1.62 bits per heavy atom. The van der Waals surface area contributed by atoms with Gasteiger partial charge in [0.25, 0.3) is 10.0 Å². The number of alkyl halides is 2. The number of sulfonamides is 1. The molecule has 7 N–H and O–H groups in total. The van der Waals surface area contributed by atoms with Crippen LogP contribution in [0.1, 0.15) is 84.8 Å². The highest BCUT2D eigenvalue weighted by atomic mass is 32.2. The predicted molar refractivity (Wildman–Crippen MR) is 284 cm³/mol. The molecule has 4 amide bonds. The molecule has 1 aliphatic heterocycles. The summed E-state index contributed by atoms with van der Waals surface area (Å²) < 4.78 is 106. The summed E-state index contributed by atoms with van der Waals surface area (Å²) in [4.78, 5) is 60.0. The third-order valence-corrected chi connectivity index (χ3v) is 14.4. The molecule has 6 aromatic rings. The Hall–Kier alpha value is -7.67. The number of unbranched alkanes of at least 4 members (excludes halogenated alkanes) is 3. The molecular weight excluding hydrogens is 1040 g/mol. The van der Waals surface area contributed by atoms with Crippen molar-refractivity contribution in [2.45, 2.75) is 116 Å². The number of hydrogen-bond acceptors (Lipinski definition) is 12. The summed E-state index contributed by atoms with van der Waals surface area (Å²) in [6.07, 6.45) is 7.09. The smallest absolute Gasteiger partial charge is 0.355 e. The molecule has 1 saturated heterocycles. The second-order valence-corrected chi connectivity index (χ2v) is 21.9. The van der Waals surface area contributed by atoms with Crippen LogP contribution in [0.15, 0.2) is 79.3 Å². The van der Waals surface area contributed by atoms with Gasteiger partial charge in [-0.1, -0.05) is 57.9 Å². The molecule has 4 heterocycles. The van der Waals surface area contributed by atoms with E-state index in [4.69, 9.17) is 15.6 Å². The van der Waals surface area contributed by atoms with Crippen LogP contribution >= 0.6 is 0 Å². The summed E-state index contributed by atoms with van der Waals surface area (Å²) in [7, 11) is -1.80. The maximum Gasteiger partial charge on any atom is 0.355 e. The molecule has 0 aliphatic carbocycles. The van der Waals surface area contributed by atoms with Crippen molar-refractivity contribution in [3.8, 4) is 28.1 Å². The van der Waals surface area contributed by atoms with Crippen LogP contribution in [0.4, 0.5) is 39.1 Å². The van der Waals surface area contributed by atoms with Gasteiger partial charge in [-0.3, -0.25) is 33.3 Å². The second kappa shape index (κ2) is 24.3. The number of ether oxygens (including phenoxy) is 1. The zero-order chi connectivity index (χ0) is 56.8. The molecule has 0 spiro atoms. The highest BCUT2D eigenvalue weighted by molar-refractivity contribution is 7.93. The Morgan fingerprint density at radius 1 is 0.923 bits per heavy atom. The number of benzene rings is 3. The lowest BCUT2D eigenvalue weighted by Crippen LogP contribution is -2.59. The minimum Gasteiger partial charge on any atom is -0.484 e. The lowest BCUT2D eigenvalue weighted by Gasteiger charge is -2.36. The van der Waals surface area contributed by atoms with E-state index >= 15 is 0 Å². The van der Waals surface area contributed by atoms with Gasteiger partial charge in [-0.25, -0.2) is 26.6 Å². The highest BCUT2D eigenvalue weighted by Crippen LogP contribution is 2.41. The van der Waals surface area contributed by atoms with Gasteiger partial charge < -0.3 is 36.6 Å². The first-order chi connectivity index (χ1) is 36.9. The number of amides is 4. The molecule has 0 radical (unpaired) electrons. The number of nitrogens with one attached hydrogen (secondary N) is 5. The van der Waals surface area contributed by atoms with E-state index in [0.29, 0.717) is 64.7 Å². The van der Waals surface area contributed by atoms with Crippen LogP contribution in [0.25, 0.3) is 33.3 Å². The van der Waals surface area contributed by atoms with E-state index in [1.807, 2.05) is 10.9 Å². The number of likely N-dealkylation sites (tertiary alicyclic amines) is 1. The first-order valence-electron chi connectivity index (χ1n) is 25.2. The van der Waals surface area contributed by atoms with Crippen LogP contribution in [0.2, 0.25) is 0 Å². The maximum atomic E-state index is 14.6. The normalized spacial score (nSPS) is 16.0. The van der Waals surface area contributed by atoms with Gasteiger partial charge in [0.15, 0.2) is 0 Å². The monoisotopic (exact) mass is 1110 g/mol. The Labute approximate surface area is 447 Å². The summed E-state index contributed by atoms with van der Waals surface area (Å²) in [5.74, 6) is -8.41. The van der Waals surface area contributed by atoms with E-state index in [2.05, 4.69) is 31.3 Å².